The van der Waals surface area contributed by atoms with E-state index in [2.05, 4.69) is 41.6 Å². The summed E-state index contributed by atoms with van der Waals surface area (Å²) in [7, 11) is 3.44. The van der Waals surface area contributed by atoms with Gasteiger partial charge in [0.15, 0.2) is 5.96 Å². The van der Waals surface area contributed by atoms with E-state index in [-0.39, 0.29) is 29.9 Å². The zero-order chi connectivity index (χ0) is 19.6. The fourth-order valence-electron chi connectivity index (χ4n) is 3.50. The van der Waals surface area contributed by atoms with Crippen molar-refractivity contribution in [1.82, 2.24) is 15.5 Å². The van der Waals surface area contributed by atoms with E-state index in [1.165, 1.54) is 17.5 Å². The second-order valence-electron chi connectivity index (χ2n) is 7.33. The summed E-state index contributed by atoms with van der Waals surface area (Å²) in [6.45, 7) is 7.43. The quantitative estimate of drug-likeness (QED) is 0.342. The highest BCUT2D eigenvalue weighted by molar-refractivity contribution is 14.0. The normalized spacial score (nSPS) is 16.9. The Hall–Kier alpha value is -1.51. The number of piperidine rings is 1. The number of hydrogen-bond acceptors (Lipinski definition) is 3. The van der Waals surface area contributed by atoms with Gasteiger partial charge >= 0.3 is 0 Å². The lowest BCUT2D eigenvalue weighted by Crippen LogP contribution is -2.42. The van der Waals surface area contributed by atoms with Gasteiger partial charge in [-0.3, -0.25) is 9.79 Å². The van der Waals surface area contributed by atoms with Crippen LogP contribution in [0.5, 0.6) is 5.75 Å². The van der Waals surface area contributed by atoms with Crippen molar-refractivity contribution in [1.29, 1.82) is 0 Å². The highest BCUT2D eigenvalue weighted by Crippen LogP contribution is 2.19. The summed E-state index contributed by atoms with van der Waals surface area (Å²) in [5, 5.41) is 6.54. The molecule has 7 heteroatoms. The topological polar surface area (TPSA) is 66.0 Å². The maximum Gasteiger partial charge on any atom is 0.224 e. The lowest BCUT2D eigenvalue weighted by atomic mass is 10.00. The minimum atomic E-state index is 0. The molecule has 1 amide bonds. The molecule has 1 aliphatic heterocycles. The summed E-state index contributed by atoms with van der Waals surface area (Å²) in [4.78, 5) is 18.6. The molecule has 28 heavy (non-hydrogen) atoms. The predicted molar refractivity (Wildman–Crippen MR) is 126 cm³/mol. The van der Waals surface area contributed by atoms with Gasteiger partial charge in [0.25, 0.3) is 0 Å². The Labute approximate surface area is 186 Å². The van der Waals surface area contributed by atoms with Gasteiger partial charge in [0.05, 0.1) is 7.11 Å². The number of ether oxygens (including phenoxy) is 1. The second-order valence-corrected chi connectivity index (χ2v) is 7.33. The van der Waals surface area contributed by atoms with Crippen molar-refractivity contribution in [2.45, 2.75) is 39.5 Å². The highest BCUT2D eigenvalue weighted by atomic mass is 127. The van der Waals surface area contributed by atoms with Gasteiger partial charge in [-0.15, -0.1) is 24.0 Å². The monoisotopic (exact) mass is 502 g/mol. The number of halogens is 1. The standard InChI is InChI=1S/C21H34N4O2.HI/c1-16-7-8-19(27-4)18(14-16)9-11-23-21(22-3)24-12-10-20(26)25-13-5-6-17(2)15-25;/h7-8,14,17H,5-6,9-13,15H2,1-4H3,(H2,22,23,24);1H. The van der Waals surface area contributed by atoms with Crippen LogP contribution in [0.2, 0.25) is 0 Å². The van der Waals surface area contributed by atoms with Crippen LogP contribution in [0.4, 0.5) is 0 Å². The van der Waals surface area contributed by atoms with Crippen LogP contribution < -0.4 is 15.4 Å². The summed E-state index contributed by atoms with van der Waals surface area (Å²) in [6.07, 6.45) is 3.69. The van der Waals surface area contributed by atoms with E-state index in [1.807, 2.05) is 11.0 Å². The number of nitrogens with zero attached hydrogens (tertiary/aromatic N) is 2. The smallest absolute Gasteiger partial charge is 0.224 e. The first-order valence-corrected chi connectivity index (χ1v) is 9.89. The molecule has 1 aromatic rings. The Kier molecular flexibility index (Phi) is 11.3. The third-order valence-corrected chi connectivity index (χ3v) is 4.99. The van der Waals surface area contributed by atoms with E-state index in [1.54, 1.807) is 14.2 Å². The molecular formula is C21H35IN4O2. The van der Waals surface area contributed by atoms with Crippen LogP contribution in [0.3, 0.4) is 0 Å². The number of benzene rings is 1. The number of aliphatic imine (C=N–C) groups is 1. The number of rotatable bonds is 7. The van der Waals surface area contributed by atoms with Crippen molar-refractivity contribution < 1.29 is 9.53 Å². The molecule has 0 bridgehead atoms. The van der Waals surface area contributed by atoms with Crippen LogP contribution in [0, 0.1) is 12.8 Å². The first-order chi connectivity index (χ1) is 13.0. The van der Waals surface area contributed by atoms with Gasteiger partial charge in [-0.1, -0.05) is 24.6 Å². The molecule has 6 nitrogen and oxygen atoms in total. The molecule has 1 heterocycles. The number of likely N-dealkylation sites (tertiary alicyclic amines) is 1. The summed E-state index contributed by atoms with van der Waals surface area (Å²) in [5.41, 5.74) is 2.40. The molecule has 1 atom stereocenters. The molecule has 2 rings (SSSR count). The fraction of sp³-hybridized carbons (Fsp3) is 0.619. The molecular weight excluding hydrogens is 467 g/mol. The van der Waals surface area contributed by atoms with Crippen molar-refractivity contribution in [3.63, 3.8) is 0 Å². The van der Waals surface area contributed by atoms with Gasteiger partial charge in [0.1, 0.15) is 5.75 Å². The minimum Gasteiger partial charge on any atom is -0.496 e. The van der Waals surface area contributed by atoms with Gasteiger partial charge in [-0.2, -0.15) is 0 Å². The van der Waals surface area contributed by atoms with E-state index in [0.29, 0.717) is 18.9 Å². The van der Waals surface area contributed by atoms with Crippen molar-refractivity contribution in [3.05, 3.63) is 29.3 Å². The largest absolute Gasteiger partial charge is 0.496 e. The molecule has 158 valence electrons. The van der Waals surface area contributed by atoms with Crippen LogP contribution >= 0.6 is 24.0 Å². The van der Waals surface area contributed by atoms with E-state index in [4.69, 9.17) is 4.74 Å². The molecule has 1 unspecified atom stereocenters. The highest BCUT2D eigenvalue weighted by Gasteiger charge is 2.20. The maximum atomic E-state index is 12.3. The van der Waals surface area contributed by atoms with Gasteiger partial charge in [0.2, 0.25) is 5.91 Å². The third kappa shape index (κ3) is 7.85. The Morgan fingerprint density at radius 2 is 2.07 bits per heavy atom. The van der Waals surface area contributed by atoms with Crippen LogP contribution in [-0.2, 0) is 11.2 Å². The zero-order valence-electron chi connectivity index (χ0n) is 17.6. The number of guanidine groups is 1. The number of methoxy groups -OCH3 is 1. The molecule has 0 radical (unpaired) electrons. The van der Waals surface area contributed by atoms with Gasteiger partial charge in [0, 0.05) is 39.6 Å². The molecule has 1 aliphatic rings. The summed E-state index contributed by atoms with van der Waals surface area (Å²) in [6, 6.07) is 6.20. The molecule has 1 fully saturated rings. The number of aryl methyl sites for hydroxylation is 1. The number of carbonyl (C=O) groups is 1. The average molecular weight is 502 g/mol. The van der Waals surface area contributed by atoms with Gasteiger partial charge in [-0.25, -0.2) is 0 Å². The summed E-state index contributed by atoms with van der Waals surface area (Å²) < 4.78 is 5.42. The minimum absolute atomic E-state index is 0. The lowest BCUT2D eigenvalue weighted by molar-refractivity contribution is -0.132. The third-order valence-electron chi connectivity index (χ3n) is 4.99. The van der Waals surface area contributed by atoms with Crippen LogP contribution in [-0.4, -0.2) is 57.1 Å². The molecule has 0 saturated carbocycles. The summed E-state index contributed by atoms with van der Waals surface area (Å²) in [5.74, 6) is 2.48. The number of nitrogens with one attached hydrogen (secondary N) is 2. The van der Waals surface area contributed by atoms with Crippen molar-refractivity contribution >= 4 is 35.8 Å². The van der Waals surface area contributed by atoms with Crippen LogP contribution in [0.1, 0.15) is 37.3 Å². The average Bonchev–Trinajstić information content (AvgIpc) is 2.66. The van der Waals surface area contributed by atoms with E-state index in [0.717, 1.165) is 44.2 Å². The van der Waals surface area contributed by atoms with Crippen LogP contribution in [0.15, 0.2) is 23.2 Å². The molecule has 0 spiro atoms. The molecule has 1 aromatic carbocycles. The Balaban J connectivity index is 0.00000392. The number of amides is 1. The zero-order valence-corrected chi connectivity index (χ0v) is 19.9. The molecule has 1 saturated heterocycles. The maximum absolute atomic E-state index is 12.3. The van der Waals surface area contributed by atoms with Crippen LogP contribution in [0.25, 0.3) is 0 Å². The molecule has 0 aromatic heterocycles. The van der Waals surface area contributed by atoms with Gasteiger partial charge in [-0.05, 0) is 43.7 Å². The van der Waals surface area contributed by atoms with Crippen molar-refractivity contribution in [3.8, 4) is 5.75 Å². The molecule has 2 N–H and O–H groups in total. The van der Waals surface area contributed by atoms with E-state index in [9.17, 15) is 4.79 Å². The predicted octanol–water partition coefficient (Wildman–Crippen LogP) is 2.98. The van der Waals surface area contributed by atoms with E-state index >= 15 is 0 Å². The van der Waals surface area contributed by atoms with Crippen molar-refractivity contribution in [2.75, 3.05) is 40.3 Å². The fourth-order valence-corrected chi connectivity index (χ4v) is 3.50. The Morgan fingerprint density at radius 3 is 2.75 bits per heavy atom. The van der Waals surface area contributed by atoms with Crippen molar-refractivity contribution in [2.24, 2.45) is 10.9 Å². The second kappa shape index (κ2) is 12.9. The first kappa shape index (κ1) is 24.5. The SMILES string of the molecule is CN=C(NCCC(=O)N1CCCC(C)C1)NCCc1cc(C)ccc1OC.I. The number of hydrogen-bond donors (Lipinski definition) is 2. The van der Waals surface area contributed by atoms with Gasteiger partial charge < -0.3 is 20.3 Å². The number of carbonyl (C=O) groups excluding carboxylic acids is 1. The Bertz CT molecular complexity index is 651. The summed E-state index contributed by atoms with van der Waals surface area (Å²) >= 11 is 0. The first-order valence-electron chi connectivity index (χ1n) is 9.89. The Morgan fingerprint density at radius 1 is 1.32 bits per heavy atom. The lowest BCUT2D eigenvalue weighted by Gasteiger charge is -2.31. The van der Waals surface area contributed by atoms with E-state index < -0.39 is 0 Å². The molecule has 0 aliphatic carbocycles.